The summed E-state index contributed by atoms with van der Waals surface area (Å²) in [6.07, 6.45) is 5.36. The first kappa shape index (κ1) is 26.1. The molecule has 2 aliphatic rings. The van der Waals surface area contributed by atoms with Gasteiger partial charge in [-0.2, -0.15) is 4.98 Å². The van der Waals surface area contributed by atoms with Gasteiger partial charge in [-0.3, -0.25) is 0 Å². The summed E-state index contributed by atoms with van der Waals surface area (Å²) in [6.45, 7) is 2.41. The summed E-state index contributed by atoms with van der Waals surface area (Å²) < 4.78 is 16.7. The number of likely N-dealkylation sites (tertiary alicyclic amines) is 1. The number of nitrogens with one attached hydrogen (secondary N) is 2. The van der Waals surface area contributed by atoms with Crippen LogP contribution in [0.4, 0.5) is 23.1 Å². The zero-order chi connectivity index (χ0) is 26.0. The number of aromatic nitrogens is 2. The van der Waals surface area contributed by atoms with Gasteiger partial charge in [-0.05, 0) is 74.0 Å². The number of hydrogen-bond acceptors (Lipinski definition) is 8. The monoisotopic (exact) mass is 541 g/mol. The second kappa shape index (κ2) is 11.1. The zero-order valence-electron chi connectivity index (χ0n) is 21.6. The van der Waals surface area contributed by atoms with Gasteiger partial charge in [0.15, 0.2) is 5.82 Å². The first-order valence-corrected chi connectivity index (χ1v) is 13.9. The van der Waals surface area contributed by atoms with E-state index >= 15 is 0 Å². The van der Waals surface area contributed by atoms with Crippen LogP contribution in [0.3, 0.4) is 0 Å². The van der Waals surface area contributed by atoms with Gasteiger partial charge in [-0.15, -0.1) is 0 Å². The average molecular weight is 542 g/mol. The number of rotatable bonds is 9. The fraction of sp³-hybridized carbons (Fsp3) is 0.407. The summed E-state index contributed by atoms with van der Waals surface area (Å²) in [5.41, 5.74) is 3.45. The van der Waals surface area contributed by atoms with Gasteiger partial charge < -0.3 is 29.3 Å². The third-order valence-corrected chi connectivity index (χ3v) is 9.08. The van der Waals surface area contributed by atoms with E-state index in [9.17, 15) is 0 Å². The van der Waals surface area contributed by atoms with E-state index in [0.29, 0.717) is 28.1 Å². The van der Waals surface area contributed by atoms with Crippen molar-refractivity contribution in [3.05, 3.63) is 59.2 Å². The minimum absolute atomic E-state index is 0.404. The smallest absolute Gasteiger partial charge is 0.229 e. The summed E-state index contributed by atoms with van der Waals surface area (Å²) >= 11 is 6.47. The highest BCUT2D eigenvalue weighted by Gasteiger charge is 2.47. The molecule has 0 atom stereocenters. The van der Waals surface area contributed by atoms with Gasteiger partial charge in [0.2, 0.25) is 14.3 Å². The van der Waals surface area contributed by atoms with Crippen molar-refractivity contribution in [1.29, 1.82) is 0 Å². The third kappa shape index (κ3) is 5.54. The molecule has 0 amide bonds. The van der Waals surface area contributed by atoms with Crippen molar-refractivity contribution in [3.8, 4) is 5.75 Å². The van der Waals surface area contributed by atoms with E-state index < -0.39 is 8.38 Å². The molecule has 8 nitrogen and oxygen atoms in total. The number of ether oxygens (including phenoxy) is 1. The quantitative estimate of drug-likeness (QED) is 0.317. The number of para-hydroxylation sites is 1. The van der Waals surface area contributed by atoms with E-state index in [1.807, 2.05) is 30.3 Å². The van der Waals surface area contributed by atoms with Gasteiger partial charge >= 0.3 is 0 Å². The van der Waals surface area contributed by atoms with Gasteiger partial charge in [0.25, 0.3) is 0 Å². The van der Waals surface area contributed by atoms with Gasteiger partial charge in [0.05, 0.1) is 30.0 Å². The molecule has 37 heavy (non-hydrogen) atoms. The summed E-state index contributed by atoms with van der Waals surface area (Å²) in [4.78, 5) is 11.5. The SMILES string of the molecule is COc1ccc(C2CC3(CCN(C)C3)C2)cc1Nc1ncc(Cl)c(Nc2ccccc2P(OC)OC)n1. The molecule has 0 radical (unpaired) electrons. The van der Waals surface area contributed by atoms with Crippen LogP contribution in [0.2, 0.25) is 5.02 Å². The maximum atomic E-state index is 6.47. The van der Waals surface area contributed by atoms with Crippen LogP contribution in [0.1, 0.15) is 30.7 Å². The standard InChI is InChI=1S/C27H33ClN5O3P/c1-33-12-11-27(17-33)14-19(15-27)18-9-10-23(34-2)22(13-18)31-26-29-16-20(28)25(32-26)30-21-7-5-6-8-24(21)37(35-3)36-4/h5-10,13,16,19H,11-12,14-15,17H2,1-4H3,(H2,29,30,31,32). The Morgan fingerprint density at radius 3 is 2.54 bits per heavy atom. The Hall–Kier alpha value is -2.48. The molecular formula is C27H33ClN5O3P. The van der Waals surface area contributed by atoms with Gasteiger partial charge in [-0.25, -0.2) is 4.98 Å². The van der Waals surface area contributed by atoms with Crippen LogP contribution in [-0.2, 0) is 9.05 Å². The molecule has 2 heterocycles. The number of hydrogen-bond donors (Lipinski definition) is 2. The van der Waals surface area contributed by atoms with E-state index in [2.05, 4.69) is 44.7 Å². The summed E-state index contributed by atoms with van der Waals surface area (Å²) in [5.74, 6) is 2.20. The lowest BCUT2D eigenvalue weighted by Gasteiger charge is -2.45. The van der Waals surface area contributed by atoms with E-state index in [4.69, 9.17) is 25.4 Å². The van der Waals surface area contributed by atoms with Gasteiger partial charge in [-0.1, -0.05) is 29.8 Å². The Kier molecular flexibility index (Phi) is 7.84. The van der Waals surface area contributed by atoms with E-state index in [1.54, 1.807) is 27.5 Å². The molecule has 1 saturated heterocycles. The predicted molar refractivity (Wildman–Crippen MR) is 150 cm³/mol. The Balaban J connectivity index is 1.36. The number of benzene rings is 2. The first-order valence-electron chi connectivity index (χ1n) is 12.3. The highest BCUT2D eigenvalue weighted by atomic mass is 35.5. The van der Waals surface area contributed by atoms with Crippen molar-refractivity contribution < 1.29 is 13.8 Å². The van der Waals surface area contributed by atoms with Crippen LogP contribution >= 0.6 is 20.0 Å². The number of methoxy groups -OCH3 is 1. The second-order valence-electron chi connectivity index (χ2n) is 9.83. The van der Waals surface area contributed by atoms with Crippen molar-refractivity contribution in [2.75, 3.05) is 52.1 Å². The zero-order valence-corrected chi connectivity index (χ0v) is 23.3. The molecule has 2 N–H and O–H groups in total. The van der Waals surface area contributed by atoms with Crippen molar-refractivity contribution >= 4 is 48.4 Å². The molecule has 2 aromatic carbocycles. The van der Waals surface area contributed by atoms with Gasteiger partial charge in [0.1, 0.15) is 10.8 Å². The lowest BCUT2D eigenvalue weighted by Crippen LogP contribution is -2.37. The molecule has 2 fully saturated rings. The van der Waals surface area contributed by atoms with Crippen molar-refractivity contribution in [3.63, 3.8) is 0 Å². The van der Waals surface area contributed by atoms with Crippen molar-refractivity contribution in [2.24, 2.45) is 5.41 Å². The molecule has 1 spiro atoms. The minimum atomic E-state index is -1.23. The summed E-state index contributed by atoms with van der Waals surface area (Å²) in [6, 6.07) is 14.1. The molecule has 0 bridgehead atoms. The summed E-state index contributed by atoms with van der Waals surface area (Å²) in [5, 5.41) is 7.97. The van der Waals surface area contributed by atoms with E-state index in [-0.39, 0.29) is 0 Å². The largest absolute Gasteiger partial charge is 0.495 e. The van der Waals surface area contributed by atoms with Gasteiger partial charge in [0, 0.05) is 20.8 Å². The van der Waals surface area contributed by atoms with E-state index in [0.717, 1.165) is 22.4 Å². The Morgan fingerprint density at radius 2 is 1.84 bits per heavy atom. The molecule has 0 unspecified atom stereocenters. The molecule has 3 aromatic rings. The fourth-order valence-electron chi connectivity index (χ4n) is 5.56. The normalized spacial score (nSPS) is 21.3. The van der Waals surface area contributed by atoms with Crippen LogP contribution < -0.4 is 20.7 Å². The lowest BCUT2D eigenvalue weighted by molar-refractivity contribution is 0.113. The highest BCUT2D eigenvalue weighted by molar-refractivity contribution is 7.56. The van der Waals surface area contributed by atoms with Crippen LogP contribution in [0.25, 0.3) is 0 Å². The van der Waals surface area contributed by atoms with Crippen molar-refractivity contribution in [1.82, 2.24) is 14.9 Å². The third-order valence-electron chi connectivity index (χ3n) is 7.36. The fourth-order valence-corrected chi connectivity index (χ4v) is 6.78. The maximum absolute atomic E-state index is 6.47. The molecule has 1 aliphatic heterocycles. The Morgan fingerprint density at radius 1 is 1.05 bits per heavy atom. The Bertz CT molecular complexity index is 1250. The summed E-state index contributed by atoms with van der Waals surface area (Å²) in [7, 11) is 5.92. The van der Waals surface area contributed by atoms with Crippen LogP contribution in [-0.4, -0.2) is 56.3 Å². The minimum Gasteiger partial charge on any atom is -0.495 e. The molecule has 1 aromatic heterocycles. The highest BCUT2D eigenvalue weighted by Crippen LogP contribution is 2.56. The number of halogens is 1. The number of nitrogens with zero attached hydrogens (tertiary/aromatic N) is 3. The maximum Gasteiger partial charge on any atom is 0.229 e. The van der Waals surface area contributed by atoms with Crippen LogP contribution in [0.15, 0.2) is 48.7 Å². The van der Waals surface area contributed by atoms with E-state index in [1.165, 1.54) is 37.9 Å². The first-order chi connectivity index (χ1) is 17.9. The molecule has 5 rings (SSSR count). The van der Waals surface area contributed by atoms with Crippen molar-refractivity contribution in [2.45, 2.75) is 25.2 Å². The second-order valence-corrected chi connectivity index (χ2v) is 12.0. The van der Waals surface area contributed by atoms with Crippen LogP contribution in [0.5, 0.6) is 5.75 Å². The predicted octanol–water partition coefficient (Wildman–Crippen LogP) is 6.06. The van der Waals surface area contributed by atoms with Crippen LogP contribution in [0, 0.1) is 5.41 Å². The molecular weight excluding hydrogens is 509 g/mol. The average Bonchev–Trinajstić information content (AvgIpc) is 3.29. The lowest BCUT2D eigenvalue weighted by atomic mass is 9.59. The Labute approximate surface area is 224 Å². The topological polar surface area (TPSA) is 80.8 Å². The molecule has 1 saturated carbocycles. The number of anilines is 4. The molecule has 196 valence electrons. The molecule has 10 heteroatoms. The molecule has 1 aliphatic carbocycles.